The van der Waals surface area contributed by atoms with Gasteiger partial charge in [0, 0.05) is 31.2 Å². The standard InChI is InChI=1S/C13H13N5O3/c1-8-6-15-4-3-11(8)17-13(19)10-5-9(18(20)21)7-16-12(10)14-2/h3-7H,1-2H3,(H,14,16)(H,15,17,19). The molecule has 8 heteroatoms. The molecule has 2 N–H and O–H groups in total. The molecule has 1 amide bonds. The van der Waals surface area contributed by atoms with E-state index in [1.807, 2.05) is 0 Å². The highest BCUT2D eigenvalue weighted by Crippen LogP contribution is 2.21. The lowest BCUT2D eigenvalue weighted by Gasteiger charge is -2.10. The van der Waals surface area contributed by atoms with Crippen LogP contribution in [0.25, 0.3) is 0 Å². The Kier molecular flexibility index (Phi) is 4.07. The average molecular weight is 287 g/mol. The third-order valence-corrected chi connectivity index (χ3v) is 2.83. The second-order valence-corrected chi connectivity index (χ2v) is 4.24. The number of carbonyl (C=O) groups is 1. The predicted octanol–water partition coefficient (Wildman–Crippen LogP) is 1.99. The highest BCUT2D eigenvalue weighted by Gasteiger charge is 2.18. The fourth-order valence-corrected chi connectivity index (χ4v) is 1.73. The molecule has 8 nitrogen and oxygen atoms in total. The molecule has 2 heterocycles. The van der Waals surface area contributed by atoms with E-state index in [2.05, 4.69) is 20.6 Å². The molecule has 0 saturated heterocycles. The Morgan fingerprint density at radius 1 is 1.38 bits per heavy atom. The first-order valence-electron chi connectivity index (χ1n) is 6.07. The van der Waals surface area contributed by atoms with Crippen molar-refractivity contribution in [3.05, 3.63) is 52.0 Å². The Bertz CT molecular complexity index is 702. The van der Waals surface area contributed by atoms with Crippen LogP contribution in [0.1, 0.15) is 15.9 Å². The third-order valence-electron chi connectivity index (χ3n) is 2.83. The van der Waals surface area contributed by atoms with E-state index < -0.39 is 10.8 Å². The molecule has 21 heavy (non-hydrogen) atoms. The van der Waals surface area contributed by atoms with Gasteiger partial charge in [0.15, 0.2) is 0 Å². The van der Waals surface area contributed by atoms with Crippen molar-refractivity contribution in [2.45, 2.75) is 6.92 Å². The van der Waals surface area contributed by atoms with E-state index in [1.165, 1.54) is 6.07 Å². The number of aromatic nitrogens is 2. The number of anilines is 2. The normalized spacial score (nSPS) is 10.0. The number of hydrogen-bond acceptors (Lipinski definition) is 6. The maximum absolute atomic E-state index is 12.3. The molecule has 0 saturated carbocycles. The number of nitrogens with one attached hydrogen (secondary N) is 2. The third kappa shape index (κ3) is 3.11. The van der Waals surface area contributed by atoms with Gasteiger partial charge in [0.2, 0.25) is 0 Å². The maximum Gasteiger partial charge on any atom is 0.288 e. The first-order valence-corrected chi connectivity index (χ1v) is 6.07. The van der Waals surface area contributed by atoms with Crippen LogP contribution in [0, 0.1) is 17.0 Å². The Morgan fingerprint density at radius 3 is 2.76 bits per heavy atom. The zero-order chi connectivity index (χ0) is 15.4. The lowest BCUT2D eigenvalue weighted by molar-refractivity contribution is -0.385. The number of carbonyl (C=O) groups excluding carboxylic acids is 1. The maximum atomic E-state index is 12.3. The Morgan fingerprint density at radius 2 is 2.14 bits per heavy atom. The van der Waals surface area contributed by atoms with Crippen molar-refractivity contribution in [1.29, 1.82) is 0 Å². The van der Waals surface area contributed by atoms with Crippen molar-refractivity contribution in [1.82, 2.24) is 9.97 Å². The number of pyridine rings is 2. The van der Waals surface area contributed by atoms with Crippen molar-refractivity contribution in [2.75, 3.05) is 17.7 Å². The summed E-state index contributed by atoms with van der Waals surface area (Å²) < 4.78 is 0. The number of rotatable bonds is 4. The molecule has 0 bridgehead atoms. The van der Waals surface area contributed by atoms with Gasteiger partial charge in [-0.2, -0.15) is 0 Å². The van der Waals surface area contributed by atoms with Gasteiger partial charge in [-0.3, -0.25) is 19.9 Å². The van der Waals surface area contributed by atoms with Crippen LogP contribution in [0.4, 0.5) is 17.2 Å². The Hall–Kier alpha value is -3.03. The molecule has 0 radical (unpaired) electrons. The summed E-state index contributed by atoms with van der Waals surface area (Å²) in [6.07, 6.45) is 4.26. The fourth-order valence-electron chi connectivity index (χ4n) is 1.73. The number of nitro groups is 1. The first-order chi connectivity index (χ1) is 10.0. The molecule has 0 aliphatic heterocycles. The quantitative estimate of drug-likeness (QED) is 0.657. The zero-order valence-corrected chi connectivity index (χ0v) is 11.5. The van der Waals surface area contributed by atoms with Crippen LogP contribution in [0.2, 0.25) is 0 Å². The topological polar surface area (TPSA) is 110 Å². The van der Waals surface area contributed by atoms with Crippen LogP contribution < -0.4 is 10.6 Å². The molecule has 0 aliphatic carbocycles. The number of amides is 1. The van der Waals surface area contributed by atoms with Gasteiger partial charge in [-0.1, -0.05) is 0 Å². The summed E-state index contributed by atoms with van der Waals surface area (Å²) in [5, 5.41) is 16.2. The molecule has 0 spiro atoms. The van der Waals surface area contributed by atoms with Gasteiger partial charge in [-0.15, -0.1) is 0 Å². The minimum Gasteiger partial charge on any atom is -0.372 e. The van der Waals surface area contributed by atoms with Crippen LogP contribution in [-0.2, 0) is 0 Å². The second-order valence-electron chi connectivity index (χ2n) is 4.24. The van der Waals surface area contributed by atoms with E-state index in [0.717, 1.165) is 11.8 Å². The van der Waals surface area contributed by atoms with Gasteiger partial charge in [-0.05, 0) is 18.6 Å². The van der Waals surface area contributed by atoms with Crippen LogP contribution in [0.5, 0.6) is 0 Å². The van der Waals surface area contributed by atoms with Gasteiger partial charge in [0.05, 0.1) is 10.5 Å². The first kappa shape index (κ1) is 14.4. The summed E-state index contributed by atoms with van der Waals surface area (Å²) in [6.45, 7) is 1.80. The second kappa shape index (κ2) is 5.95. The van der Waals surface area contributed by atoms with E-state index in [1.54, 1.807) is 32.4 Å². The van der Waals surface area contributed by atoms with Crippen LogP contribution in [-0.4, -0.2) is 27.8 Å². The molecule has 2 aromatic rings. The molecule has 2 aromatic heterocycles. The number of nitrogens with zero attached hydrogens (tertiary/aromatic N) is 3. The SMILES string of the molecule is CNc1ncc([N+](=O)[O-])cc1C(=O)Nc1ccncc1C. The lowest BCUT2D eigenvalue weighted by Crippen LogP contribution is -2.16. The molecule has 0 aromatic carbocycles. The predicted molar refractivity (Wildman–Crippen MR) is 77.4 cm³/mol. The van der Waals surface area contributed by atoms with Crippen molar-refractivity contribution in [2.24, 2.45) is 0 Å². The summed E-state index contributed by atoms with van der Waals surface area (Å²) in [6, 6.07) is 2.84. The van der Waals surface area contributed by atoms with E-state index >= 15 is 0 Å². The molecule has 108 valence electrons. The van der Waals surface area contributed by atoms with Crippen LogP contribution >= 0.6 is 0 Å². The lowest BCUT2D eigenvalue weighted by atomic mass is 10.2. The smallest absolute Gasteiger partial charge is 0.288 e. The minimum absolute atomic E-state index is 0.0999. The molecule has 0 atom stereocenters. The molecule has 2 rings (SSSR count). The van der Waals surface area contributed by atoms with Gasteiger partial charge in [0.1, 0.15) is 12.0 Å². The molecular formula is C13H13N5O3. The highest BCUT2D eigenvalue weighted by molar-refractivity contribution is 6.08. The van der Waals surface area contributed by atoms with Crippen LogP contribution in [0.15, 0.2) is 30.7 Å². The average Bonchev–Trinajstić information content (AvgIpc) is 2.48. The van der Waals surface area contributed by atoms with Crippen LogP contribution in [0.3, 0.4) is 0 Å². The monoisotopic (exact) mass is 287 g/mol. The minimum atomic E-state index is -0.596. The Labute approximate surface area is 120 Å². The van der Waals surface area contributed by atoms with Crippen molar-refractivity contribution >= 4 is 23.1 Å². The number of aryl methyl sites for hydroxylation is 1. The van der Waals surface area contributed by atoms with E-state index in [0.29, 0.717) is 5.69 Å². The Balaban J connectivity index is 2.36. The van der Waals surface area contributed by atoms with Crippen molar-refractivity contribution in [3.8, 4) is 0 Å². The summed E-state index contributed by atoms with van der Waals surface area (Å²) in [7, 11) is 1.59. The van der Waals surface area contributed by atoms with Crippen molar-refractivity contribution in [3.63, 3.8) is 0 Å². The largest absolute Gasteiger partial charge is 0.372 e. The molecular weight excluding hydrogens is 274 g/mol. The summed E-state index contributed by atoms with van der Waals surface area (Å²) in [5.74, 6) is -0.213. The number of hydrogen-bond donors (Lipinski definition) is 2. The highest BCUT2D eigenvalue weighted by atomic mass is 16.6. The molecule has 0 aliphatic rings. The molecule has 0 fully saturated rings. The summed E-state index contributed by atoms with van der Waals surface area (Å²) >= 11 is 0. The van der Waals surface area contributed by atoms with Gasteiger partial charge in [-0.25, -0.2) is 4.98 Å². The van der Waals surface area contributed by atoms with Crippen molar-refractivity contribution < 1.29 is 9.72 Å². The summed E-state index contributed by atoms with van der Waals surface area (Å²) in [4.78, 5) is 30.3. The van der Waals surface area contributed by atoms with E-state index in [9.17, 15) is 14.9 Å². The zero-order valence-electron chi connectivity index (χ0n) is 11.5. The van der Waals surface area contributed by atoms with Gasteiger partial charge >= 0.3 is 0 Å². The van der Waals surface area contributed by atoms with E-state index in [4.69, 9.17) is 0 Å². The van der Waals surface area contributed by atoms with E-state index in [-0.39, 0.29) is 17.1 Å². The van der Waals surface area contributed by atoms with Gasteiger partial charge < -0.3 is 10.6 Å². The van der Waals surface area contributed by atoms with Gasteiger partial charge in [0.25, 0.3) is 11.6 Å². The summed E-state index contributed by atoms with van der Waals surface area (Å²) in [5.41, 5.74) is 1.23. The molecule has 0 unspecified atom stereocenters. The fraction of sp³-hybridized carbons (Fsp3) is 0.154.